The molecule has 13 heteroatoms. The van der Waals surface area contributed by atoms with Gasteiger partial charge in [-0.25, -0.2) is 4.79 Å². The molecular formula is C38H47ClF2N4O5S. The van der Waals surface area contributed by atoms with E-state index in [9.17, 15) is 19.2 Å². The van der Waals surface area contributed by atoms with E-state index < -0.39 is 48.1 Å². The summed E-state index contributed by atoms with van der Waals surface area (Å²) in [6.45, 7) is 3.52. The zero-order valence-corrected chi connectivity index (χ0v) is 30.5. The van der Waals surface area contributed by atoms with Crippen LogP contribution in [0.15, 0.2) is 83.8 Å². The number of alkyl halides is 2. The molecule has 2 aliphatic rings. The number of rotatable bonds is 10. The fourth-order valence-electron chi connectivity index (χ4n) is 5.65. The second-order valence-electron chi connectivity index (χ2n) is 12.7. The number of carbonyl (C=O) groups excluding carboxylic acids is 4. The van der Waals surface area contributed by atoms with Crippen molar-refractivity contribution in [3.05, 3.63) is 95.0 Å². The number of amides is 3. The highest BCUT2D eigenvalue weighted by atomic mass is 35.5. The molecule has 5 rings (SSSR count). The smallest absolute Gasteiger partial charge is 0.408 e. The predicted octanol–water partition coefficient (Wildman–Crippen LogP) is 7.64. The molecule has 0 spiro atoms. The Morgan fingerprint density at radius 3 is 2.20 bits per heavy atom. The van der Waals surface area contributed by atoms with E-state index in [4.69, 9.17) is 22.1 Å². The SMILES string of the molecule is CC(=O)C(CC1CCNC1=O)NC(=O)CNC(=O)OC(c1ccccc1)C(F)(F)c1cccc(Cl)c1.CC1CCCCC1.Nc1ccccc1S. The van der Waals surface area contributed by atoms with Crippen LogP contribution in [0.4, 0.5) is 19.3 Å². The third-order valence-electron chi connectivity index (χ3n) is 8.60. The van der Waals surface area contributed by atoms with Crippen LogP contribution in [-0.4, -0.2) is 42.8 Å². The van der Waals surface area contributed by atoms with Crippen LogP contribution in [0.2, 0.25) is 5.02 Å². The number of carbonyl (C=O) groups is 4. The molecule has 9 nitrogen and oxygen atoms in total. The van der Waals surface area contributed by atoms with Crippen LogP contribution in [0.1, 0.15) is 76.0 Å². The van der Waals surface area contributed by atoms with Crippen LogP contribution in [0.5, 0.6) is 0 Å². The summed E-state index contributed by atoms with van der Waals surface area (Å²) in [5.74, 6) is -4.29. The van der Waals surface area contributed by atoms with Crippen molar-refractivity contribution in [2.24, 2.45) is 11.8 Å². The number of nitrogens with two attached hydrogens (primary N) is 1. The highest BCUT2D eigenvalue weighted by Crippen LogP contribution is 2.43. The summed E-state index contributed by atoms with van der Waals surface area (Å²) in [6, 6.07) is 19.1. The summed E-state index contributed by atoms with van der Waals surface area (Å²) in [5.41, 5.74) is 5.76. The summed E-state index contributed by atoms with van der Waals surface area (Å²) < 4.78 is 35.9. The lowest BCUT2D eigenvalue weighted by Gasteiger charge is -2.27. The van der Waals surface area contributed by atoms with Crippen LogP contribution in [0, 0.1) is 11.8 Å². The first kappa shape index (κ1) is 41.3. The van der Waals surface area contributed by atoms with Gasteiger partial charge in [-0.05, 0) is 55.5 Å². The number of alkyl carbamates (subject to hydrolysis) is 1. The van der Waals surface area contributed by atoms with Gasteiger partial charge in [0.1, 0.15) is 6.54 Å². The van der Waals surface area contributed by atoms with Gasteiger partial charge in [-0.3, -0.25) is 14.4 Å². The number of para-hydroxylation sites is 1. The van der Waals surface area contributed by atoms with Gasteiger partial charge in [0.2, 0.25) is 11.8 Å². The number of hydrogen-bond acceptors (Lipinski definition) is 7. The van der Waals surface area contributed by atoms with E-state index in [-0.39, 0.29) is 28.7 Å². The standard InChI is InChI=1S/C25H26ClF2N3O5.C7H14.C6H7NS/c1-15(32)20(12-17-10-11-29-23(17)34)31-21(33)14-30-24(35)36-22(16-6-3-2-4-7-16)25(27,28)18-8-5-9-19(26)13-18;1-7-5-3-2-4-6-7;7-5-3-1-2-4-6(5)8/h2-9,13,17,20,22H,10-12,14H2,1H3,(H,29,34)(H,30,35)(H,31,33);7H,2-6H2,1H3;1-4,8H,7H2. The Hall–Kier alpha value is -4.16. The largest absolute Gasteiger partial charge is 0.434 e. The Morgan fingerprint density at radius 2 is 1.67 bits per heavy atom. The number of nitrogen functional groups attached to an aromatic ring is 1. The number of hydrogen-bond donors (Lipinski definition) is 5. The van der Waals surface area contributed by atoms with Gasteiger partial charge in [-0.2, -0.15) is 8.78 Å². The normalized spacial score (nSPS) is 16.9. The maximum atomic E-state index is 15.4. The molecule has 51 heavy (non-hydrogen) atoms. The lowest BCUT2D eigenvalue weighted by Crippen LogP contribution is -2.46. The van der Waals surface area contributed by atoms with Gasteiger partial charge >= 0.3 is 12.0 Å². The molecular weight excluding hydrogens is 698 g/mol. The molecule has 3 aromatic carbocycles. The molecule has 3 amide bonds. The van der Waals surface area contributed by atoms with Crippen molar-refractivity contribution < 1.29 is 32.7 Å². The Kier molecular flexibility index (Phi) is 16.7. The number of benzene rings is 3. The fraction of sp³-hybridized carbons (Fsp3) is 0.421. The molecule has 3 atom stereocenters. The van der Waals surface area contributed by atoms with E-state index in [2.05, 4.69) is 35.5 Å². The fourth-order valence-corrected chi connectivity index (χ4v) is 6.00. The average molecular weight is 745 g/mol. The summed E-state index contributed by atoms with van der Waals surface area (Å²) in [4.78, 5) is 49.3. The van der Waals surface area contributed by atoms with E-state index in [1.165, 1.54) is 81.5 Å². The zero-order valence-electron chi connectivity index (χ0n) is 28.9. The molecule has 1 aliphatic carbocycles. The third kappa shape index (κ3) is 13.8. The molecule has 2 fully saturated rings. The Bertz CT molecular complexity index is 1570. The molecule has 1 aliphatic heterocycles. The number of anilines is 1. The van der Waals surface area contributed by atoms with Crippen molar-refractivity contribution in [2.45, 2.75) is 81.8 Å². The van der Waals surface area contributed by atoms with Gasteiger partial charge in [0.25, 0.3) is 0 Å². The lowest BCUT2D eigenvalue weighted by atomic mass is 9.91. The van der Waals surface area contributed by atoms with E-state index in [0.717, 1.165) is 22.6 Å². The molecule has 1 saturated heterocycles. The van der Waals surface area contributed by atoms with Gasteiger partial charge in [0, 0.05) is 33.6 Å². The van der Waals surface area contributed by atoms with Crippen molar-refractivity contribution in [1.82, 2.24) is 16.0 Å². The summed E-state index contributed by atoms with van der Waals surface area (Å²) in [6.07, 6.45) is 4.85. The number of Topliss-reactive ketones (excluding diaryl/α,β-unsaturated/α-hetero) is 1. The maximum absolute atomic E-state index is 15.4. The minimum absolute atomic E-state index is 0.0357. The van der Waals surface area contributed by atoms with Gasteiger partial charge in [0.05, 0.1) is 6.04 Å². The predicted molar refractivity (Wildman–Crippen MR) is 198 cm³/mol. The molecule has 3 unspecified atom stereocenters. The Morgan fingerprint density at radius 1 is 1.00 bits per heavy atom. The quantitative estimate of drug-likeness (QED) is 0.107. The van der Waals surface area contributed by atoms with Gasteiger partial charge in [0.15, 0.2) is 11.9 Å². The number of halogens is 3. The minimum Gasteiger partial charge on any atom is -0.434 e. The number of ether oxygens (including phenoxy) is 1. The second kappa shape index (κ2) is 20.6. The summed E-state index contributed by atoms with van der Waals surface area (Å²) >= 11 is 9.95. The van der Waals surface area contributed by atoms with E-state index in [0.29, 0.717) is 13.0 Å². The van der Waals surface area contributed by atoms with Crippen LogP contribution in [0.3, 0.4) is 0 Å². The molecule has 3 aromatic rings. The first-order valence-electron chi connectivity index (χ1n) is 17.0. The maximum Gasteiger partial charge on any atom is 0.408 e. The van der Waals surface area contributed by atoms with Crippen LogP contribution in [-0.2, 0) is 25.0 Å². The summed E-state index contributed by atoms with van der Waals surface area (Å²) in [5, 5.41) is 7.36. The minimum atomic E-state index is -3.65. The topological polar surface area (TPSA) is 140 Å². The first-order valence-corrected chi connectivity index (χ1v) is 17.8. The Balaban J connectivity index is 0.000000381. The van der Waals surface area contributed by atoms with E-state index >= 15 is 8.78 Å². The number of ketones is 1. The zero-order chi connectivity index (χ0) is 37.4. The first-order chi connectivity index (χ1) is 24.3. The molecule has 1 saturated carbocycles. The molecule has 5 N–H and O–H groups in total. The van der Waals surface area contributed by atoms with Crippen LogP contribution >= 0.6 is 24.2 Å². The monoisotopic (exact) mass is 744 g/mol. The average Bonchev–Trinajstić information content (AvgIpc) is 3.52. The highest BCUT2D eigenvalue weighted by molar-refractivity contribution is 7.80. The van der Waals surface area contributed by atoms with Gasteiger partial charge in [-0.1, -0.05) is 105 Å². The lowest BCUT2D eigenvalue weighted by molar-refractivity contribution is -0.128. The molecule has 0 bridgehead atoms. The Labute approximate surface area is 308 Å². The van der Waals surface area contributed by atoms with Gasteiger partial charge < -0.3 is 26.4 Å². The molecule has 1 heterocycles. The van der Waals surface area contributed by atoms with E-state index in [1.807, 2.05) is 24.3 Å². The van der Waals surface area contributed by atoms with Crippen molar-refractivity contribution in [3.8, 4) is 0 Å². The molecule has 0 radical (unpaired) electrons. The van der Waals surface area contributed by atoms with Crippen molar-refractivity contribution >= 4 is 53.6 Å². The van der Waals surface area contributed by atoms with Gasteiger partial charge in [-0.15, -0.1) is 12.6 Å². The van der Waals surface area contributed by atoms with Crippen molar-refractivity contribution in [1.29, 1.82) is 0 Å². The third-order valence-corrected chi connectivity index (χ3v) is 9.24. The molecule has 0 aromatic heterocycles. The second-order valence-corrected chi connectivity index (χ2v) is 13.6. The highest BCUT2D eigenvalue weighted by Gasteiger charge is 2.45. The van der Waals surface area contributed by atoms with Crippen LogP contribution in [0.25, 0.3) is 0 Å². The van der Waals surface area contributed by atoms with Crippen LogP contribution < -0.4 is 21.7 Å². The number of thiol groups is 1. The van der Waals surface area contributed by atoms with E-state index in [1.54, 1.807) is 6.07 Å². The van der Waals surface area contributed by atoms with Crippen molar-refractivity contribution in [2.75, 3.05) is 18.8 Å². The summed E-state index contributed by atoms with van der Waals surface area (Å²) in [7, 11) is 0. The number of nitrogens with one attached hydrogen (secondary N) is 3. The molecule has 276 valence electrons. The van der Waals surface area contributed by atoms with Crippen molar-refractivity contribution in [3.63, 3.8) is 0 Å².